The second-order valence-corrected chi connectivity index (χ2v) is 5.44. The van der Waals surface area contributed by atoms with Crippen LogP contribution in [0.2, 0.25) is 0 Å². The summed E-state index contributed by atoms with van der Waals surface area (Å²) in [5.41, 5.74) is 1.19. The van der Waals surface area contributed by atoms with Gasteiger partial charge in [0.25, 0.3) is 0 Å². The topological polar surface area (TPSA) is 11.3 Å². The minimum absolute atomic E-state index is 0. The van der Waals surface area contributed by atoms with Crippen molar-refractivity contribution < 1.29 is 19.7 Å². The van der Waals surface area contributed by atoms with E-state index in [0.29, 0.717) is 0 Å². The molecule has 2 aromatic rings. The third-order valence-corrected chi connectivity index (χ3v) is 3.49. The van der Waals surface area contributed by atoms with E-state index in [-0.39, 0.29) is 37.8 Å². The smallest absolute Gasteiger partial charge is 1.00 e. The van der Waals surface area contributed by atoms with Crippen LogP contribution in [-0.2, 0) is 0 Å². The molecule has 0 saturated heterocycles. The van der Waals surface area contributed by atoms with Crippen LogP contribution in [0, 0.1) is 6.92 Å². The van der Waals surface area contributed by atoms with Gasteiger partial charge in [0.15, 0.2) is 0 Å². The van der Waals surface area contributed by atoms with E-state index >= 15 is 0 Å². The summed E-state index contributed by atoms with van der Waals surface area (Å²) >= 11 is -0.327. The Kier molecular flexibility index (Phi) is 4.18. The molecule has 0 spiro atoms. The van der Waals surface area contributed by atoms with Gasteiger partial charge in [0, 0.05) is 0 Å². The fourth-order valence-corrected chi connectivity index (χ4v) is 2.56. The Morgan fingerprint density at radius 2 is 1.85 bits per heavy atom. The molecule has 3 heteroatoms. The van der Waals surface area contributed by atoms with Gasteiger partial charge in [-0.05, 0) is 0 Å². The van der Waals surface area contributed by atoms with Crippen molar-refractivity contribution in [2.75, 3.05) is 0 Å². The summed E-state index contributed by atoms with van der Waals surface area (Å²) in [6.07, 6.45) is 0. The molecule has 0 unspecified atom stereocenters. The summed E-state index contributed by atoms with van der Waals surface area (Å²) in [7, 11) is 0. The number of rotatable bonds is 1. The molecule has 1 nitrogen and oxygen atoms in total. The van der Waals surface area contributed by atoms with Gasteiger partial charge in [-0.2, -0.15) is 0 Å². The minimum atomic E-state index is -0.327. The number of halogens is 1. The molecule has 0 N–H and O–H groups in total. The maximum Gasteiger partial charge on any atom is -1.00 e. The van der Waals surface area contributed by atoms with Gasteiger partial charge in [-0.1, -0.05) is 0 Å². The zero-order chi connectivity index (χ0) is 8.39. The molecule has 1 heterocycles. The predicted octanol–water partition coefficient (Wildman–Crippen LogP) is -0.403. The second kappa shape index (κ2) is 4.95. The molecule has 1 aromatic heterocycles. The maximum absolute atomic E-state index is 5.61. The van der Waals surface area contributed by atoms with Crippen LogP contribution in [0.1, 0.15) is 3.58 Å². The van der Waals surface area contributed by atoms with Gasteiger partial charge >= 0.3 is 81.8 Å². The van der Waals surface area contributed by atoms with Crippen LogP contribution < -0.4 is 17.0 Å². The Morgan fingerprint density at radius 1 is 1.15 bits per heavy atom. The van der Waals surface area contributed by atoms with Crippen molar-refractivity contribution in [1.82, 2.24) is 0 Å². The van der Waals surface area contributed by atoms with E-state index in [1.165, 1.54) is 9.14 Å². The van der Waals surface area contributed by atoms with Crippen molar-refractivity contribution in [2.24, 2.45) is 0 Å². The summed E-state index contributed by atoms with van der Waals surface area (Å²) in [5, 5.41) is 0. The Morgan fingerprint density at radius 3 is 2.38 bits per heavy atom. The van der Waals surface area contributed by atoms with Crippen molar-refractivity contribution in [3.63, 3.8) is 0 Å². The molecule has 0 fully saturated rings. The monoisotopic (exact) mass is 354 g/mol. The van der Waals surface area contributed by atoms with Crippen LogP contribution in [0.4, 0.5) is 0 Å². The van der Waals surface area contributed by atoms with Crippen molar-refractivity contribution in [1.29, 1.82) is 0 Å². The third-order valence-electron chi connectivity index (χ3n) is 1.66. The fraction of sp³-hybridized carbons (Fsp3) is 0.100. The first-order valence-corrected chi connectivity index (χ1v) is 5.93. The molecule has 0 bridgehead atoms. The van der Waals surface area contributed by atoms with E-state index < -0.39 is 0 Å². The van der Waals surface area contributed by atoms with Crippen LogP contribution in [-0.4, -0.2) is 20.9 Å². The van der Waals surface area contributed by atoms with E-state index in [0.717, 1.165) is 5.76 Å². The van der Waals surface area contributed by atoms with E-state index in [1.807, 2.05) is 18.2 Å². The number of hydrogen-bond donors (Lipinski definition) is 0. The quantitative estimate of drug-likeness (QED) is 0.502. The average Bonchev–Trinajstić information content (AvgIpc) is 2.54. The Balaban J connectivity index is 0.000000845. The SMILES string of the molecule is Cc1cc(-c2ccccc2)[o+][te]1.[Br-]. The van der Waals surface area contributed by atoms with Crippen LogP contribution in [0.25, 0.3) is 11.3 Å². The number of aryl methyl sites for hydroxylation is 1. The van der Waals surface area contributed by atoms with Gasteiger partial charge in [-0.15, -0.1) is 0 Å². The van der Waals surface area contributed by atoms with E-state index in [1.54, 1.807) is 0 Å². The van der Waals surface area contributed by atoms with Crippen molar-refractivity contribution in [2.45, 2.75) is 6.92 Å². The maximum atomic E-state index is 5.61. The first-order valence-electron chi connectivity index (χ1n) is 3.81. The normalized spacial score (nSPS) is 9.31. The minimum Gasteiger partial charge on any atom is -1.00 e. The zero-order valence-corrected chi connectivity index (χ0v) is 11.1. The molecule has 2 rings (SSSR count). The summed E-state index contributed by atoms with van der Waals surface area (Å²) in [6, 6.07) is 12.4. The van der Waals surface area contributed by atoms with Gasteiger partial charge in [0.1, 0.15) is 0 Å². The molecule has 0 saturated carbocycles. The first kappa shape index (κ1) is 11.0. The van der Waals surface area contributed by atoms with Gasteiger partial charge < -0.3 is 17.0 Å². The molecule has 0 aliphatic carbocycles. The van der Waals surface area contributed by atoms with Gasteiger partial charge in [-0.25, -0.2) is 0 Å². The molecule has 0 atom stereocenters. The van der Waals surface area contributed by atoms with Gasteiger partial charge in [-0.3, -0.25) is 0 Å². The zero-order valence-electron chi connectivity index (χ0n) is 7.16. The van der Waals surface area contributed by atoms with Crippen molar-refractivity contribution in [3.05, 3.63) is 40.0 Å². The Labute approximate surface area is 98.4 Å². The van der Waals surface area contributed by atoms with Crippen molar-refractivity contribution in [3.8, 4) is 11.3 Å². The molecule has 0 amide bonds. The molecule has 0 aliphatic heterocycles. The molecule has 1 aromatic carbocycles. The van der Waals surface area contributed by atoms with Gasteiger partial charge in [0.2, 0.25) is 0 Å². The third kappa shape index (κ3) is 2.67. The molecule has 13 heavy (non-hydrogen) atoms. The predicted molar refractivity (Wildman–Crippen MR) is 50.2 cm³/mol. The van der Waals surface area contributed by atoms with Gasteiger partial charge in [0.05, 0.1) is 0 Å². The average molecular weight is 353 g/mol. The largest absolute Gasteiger partial charge is 1.00 e. The molecule has 68 valence electrons. The standard InChI is InChI=1S/C10H9OTe.BrH/c1-8-7-10(11-12-8)9-5-3-2-4-6-9;/h2-7H,1H3;1H/q+1;/p-1. The Bertz CT molecular complexity index is 369. The van der Waals surface area contributed by atoms with Crippen LogP contribution in [0.3, 0.4) is 0 Å². The molecular weight excluding hydrogens is 344 g/mol. The fourth-order valence-electron chi connectivity index (χ4n) is 1.08. The molecule has 0 aliphatic rings. The van der Waals surface area contributed by atoms with Crippen molar-refractivity contribution >= 4 is 20.9 Å². The summed E-state index contributed by atoms with van der Waals surface area (Å²) in [6.45, 7) is 2.14. The Hall–Kier alpha value is -0.100. The first-order chi connectivity index (χ1) is 5.86. The summed E-state index contributed by atoms with van der Waals surface area (Å²) < 4.78 is 7.02. The van der Waals surface area contributed by atoms with Crippen LogP contribution in [0.5, 0.6) is 0 Å². The number of hydrogen-bond acceptors (Lipinski definition) is 0. The molecular formula is C10H9BrOTe. The van der Waals surface area contributed by atoms with E-state index in [9.17, 15) is 0 Å². The summed E-state index contributed by atoms with van der Waals surface area (Å²) in [5.74, 6) is 1.05. The van der Waals surface area contributed by atoms with E-state index in [4.69, 9.17) is 2.76 Å². The van der Waals surface area contributed by atoms with Crippen LogP contribution >= 0.6 is 0 Å². The van der Waals surface area contributed by atoms with Crippen LogP contribution in [0.15, 0.2) is 39.2 Å². The van der Waals surface area contributed by atoms with E-state index in [2.05, 4.69) is 25.1 Å². The molecule has 0 radical (unpaired) electrons. The number of benzene rings is 1. The summed E-state index contributed by atoms with van der Waals surface area (Å²) in [4.78, 5) is 0. The second-order valence-electron chi connectivity index (χ2n) is 2.65.